The fraction of sp³-hybridized carbons (Fsp3) is 0.364. The highest BCUT2D eigenvalue weighted by Crippen LogP contribution is 2.27. The maximum atomic E-state index is 12.9. The molecule has 1 aliphatic rings. The Hall–Kier alpha value is -2.91. The normalized spacial score (nSPS) is 14.8. The third kappa shape index (κ3) is 4.57. The first-order chi connectivity index (χ1) is 14.9. The van der Waals surface area contributed by atoms with Gasteiger partial charge in [0.05, 0.1) is 18.4 Å². The highest BCUT2D eigenvalue weighted by atomic mass is 32.2. The number of hydrogen-bond acceptors (Lipinski definition) is 6. The second-order valence-corrected chi connectivity index (χ2v) is 9.38. The van der Waals surface area contributed by atoms with Crippen molar-refractivity contribution >= 4 is 21.6 Å². The summed E-state index contributed by atoms with van der Waals surface area (Å²) in [7, 11) is -2.43. The summed E-state index contributed by atoms with van der Waals surface area (Å²) in [5, 5.41) is 0. The number of hydrogen-bond donors (Lipinski definition) is 1. The van der Waals surface area contributed by atoms with Crippen molar-refractivity contribution in [2.45, 2.75) is 50.2 Å². The van der Waals surface area contributed by atoms with E-state index in [9.17, 15) is 13.2 Å². The van der Waals surface area contributed by atoms with Crippen LogP contribution >= 0.6 is 0 Å². The summed E-state index contributed by atoms with van der Waals surface area (Å²) < 4.78 is 41.0. The van der Waals surface area contributed by atoms with E-state index in [4.69, 9.17) is 9.47 Å². The Morgan fingerprint density at radius 2 is 2.03 bits per heavy atom. The number of aromatic nitrogens is 2. The summed E-state index contributed by atoms with van der Waals surface area (Å²) in [5.74, 6) is -0.452. The number of imidazole rings is 1. The molecule has 164 valence electrons. The molecule has 0 radical (unpaired) electrons. The maximum absolute atomic E-state index is 12.9. The Morgan fingerprint density at radius 3 is 2.74 bits per heavy atom. The number of carbonyl (C=O) groups excluding carboxylic acids is 1. The third-order valence-electron chi connectivity index (χ3n) is 5.44. The van der Waals surface area contributed by atoms with Gasteiger partial charge >= 0.3 is 5.97 Å². The van der Waals surface area contributed by atoms with E-state index in [1.807, 2.05) is 29.7 Å². The quantitative estimate of drug-likeness (QED) is 0.563. The average molecular weight is 444 g/mol. The lowest BCUT2D eigenvalue weighted by Crippen LogP contribution is -2.33. The molecule has 1 saturated carbocycles. The number of ether oxygens (including phenoxy) is 2. The molecule has 0 bridgehead atoms. The molecule has 8 nitrogen and oxygen atoms in total. The van der Waals surface area contributed by atoms with Crippen LogP contribution in [0.25, 0.3) is 5.65 Å². The minimum absolute atomic E-state index is 0.0195. The molecular weight excluding hydrogens is 418 g/mol. The van der Waals surface area contributed by atoms with Crippen LogP contribution in [0, 0.1) is 6.92 Å². The number of nitrogens with one attached hydrogen (secondary N) is 1. The molecule has 2 heterocycles. The molecule has 0 unspecified atom stereocenters. The molecule has 0 spiro atoms. The number of pyridine rings is 1. The lowest BCUT2D eigenvalue weighted by molar-refractivity contribution is 0.0468. The van der Waals surface area contributed by atoms with Gasteiger partial charge in [-0.15, -0.1) is 0 Å². The van der Waals surface area contributed by atoms with Gasteiger partial charge in [0.25, 0.3) is 0 Å². The number of rotatable bonds is 7. The predicted molar refractivity (Wildman–Crippen MR) is 115 cm³/mol. The first kappa shape index (κ1) is 21.3. The fourth-order valence-electron chi connectivity index (χ4n) is 3.84. The topological polar surface area (TPSA) is 99.0 Å². The molecular formula is C22H25N3O5S. The van der Waals surface area contributed by atoms with Crippen molar-refractivity contribution in [1.29, 1.82) is 0 Å². The Bertz CT molecular complexity index is 1210. The SMILES string of the molecule is COc1ccc(C(=O)OCc2cn3cccc(C)c3n2)cc1S(=O)(=O)NC1CCCC1. The molecule has 0 amide bonds. The van der Waals surface area contributed by atoms with E-state index >= 15 is 0 Å². The average Bonchev–Trinajstić information content (AvgIpc) is 3.41. The molecule has 1 aliphatic carbocycles. The van der Waals surface area contributed by atoms with E-state index in [2.05, 4.69) is 9.71 Å². The number of esters is 1. The van der Waals surface area contributed by atoms with Crippen LogP contribution in [0.1, 0.15) is 47.3 Å². The van der Waals surface area contributed by atoms with Crippen LogP contribution in [-0.4, -0.2) is 36.9 Å². The number of methoxy groups -OCH3 is 1. The summed E-state index contributed by atoms with van der Waals surface area (Å²) in [5.41, 5.74) is 2.55. The lowest BCUT2D eigenvalue weighted by Gasteiger charge is -2.15. The fourth-order valence-corrected chi connectivity index (χ4v) is 5.34. The molecule has 0 aliphatic heterocycles. The first-order valence-electron chi connectivity index (χ1n) is 10.2. The number of fused-ring (bicyclic) bond motifs is 1. The summed E-state index contributed by atoms with van der Waals surface area (Å²) in [6, 6.07) is 8.03. The van der Waals surface area contributed by atoms with E-state index in [-0.39, 0.29) is 28.9 Å². The second-order valence-electron chi connectivity index (χ2n) is 7.70. The van der Waals surface area contributed by atoms with Crippen LogP contribution < -0.4 is 9.46 Å². The summed E-state index contributed by atoms with van der Waals surface area (Å²) >= 11 is 0. The maximum Gasteiger partial charge on any atom is 0.338 e. The number of benzene rings is 1. The monoisotopic (exact) mass is 443 g/mol. The van der Waals surface area contributed by atoms with Crippen molar-refractivity contribution in [3.8, 4) is 5.75 Å². The van der Waals surface area contributed by atoms with Crippen molar-refractivity contribution in [1.82, 2.24) is 14.1 Å². The molecule has 0 atom stereocenters. The van der Waals surface area contributed by atoms with E-state index in [0.717, 1.165) is 36.9 Å². The molecule has 3 aromatic rings. The molecule has 31 heavy (non-hydrogen) atoms. The Kier molecular flexibility index (Phi) is 5.97. The van der Waals surface area contributed by atoms with Gasteiger partial charge in [0.2, 0.25) is 10.0 Å². The molecule has 9 heteroatoms. The Morgan fingerprint density at radius 1 is 1.26 bits per heavy atom. The van der Waals surface area contributed by atoms with Gasteiger partial charge in [-0.25, -0.2) is 22.9 Å². The van der Waals surface area contributed by atoms with Crippen LogP contribution in [0.3, 0.4) is 0 Å². The highest BCUT2D eigenvalue weighted by molar-refractivity contribution is 7.89. The van der Waals surface area contributed by atoms with Gasteiger partial charge in [-0.2, -0.15) is 0 Å². The highest BCUT2D eigenvalue weighted by Gasteiger charge is 2.27. The van der Waals surface area contributed by atoms with Crippen LogP contribution in [0.15, 0.2) is 47.6 Å². The Labute approximate surface area is 181 Å². The molecule has 0 saturated heterocycles. The van der Waals surface area contributed by atoms with Gasteiger partial charge in [0, 0.05) is 18.4 Å². The van der Waals surface area contributed by atoms with Gasteiger partial charge in [0.1, 0.15) is 22.9 Å². The van der Waals surface area contributed by atoms with Gasteiger partial charge < -0.3 is 13.9 Å². The summed E-state index contributed by atoms with van der Waals surface area (Å²) in [6.07, 6.45) is 7.28. The standard InChI is InChI=1S/C22H25N3O5S/c1-15-6-5-11-25-13-18(23-21(15)25)14-30-22(26)16-9-10-19(29-2)20(12-16)31(27,28)24-17-7-3-4-8-17/h5-6,9-13,17,24H,3-4,7-8,14H2,1-2H3. The molecule has 1 fully saturated rings. The smallest absolute Gasteiger partial charge is 0.338 e. The minimum atomic E-state index is -3.83. The third-order valence-corrected chi connectivity index (χ3v) is 6.99. The van der Waals surface area contributed by atoms with Crippen LogP contribution in [0.4, 0.5) is 0 Å². The van der Waals surface area contributed by atoms with Gasteiger partial charge in [-0.3, -0.25) is 0 Å². The molecule has 2 aromatic heterocycles. The zero-order valence-corrected chi connectivity index (χ0v) is 18.3. The van der Waals surface area contributed by atoms with Crippen molar-refractivity contribution in [3.05, 3.63) is 59.5 Å². The van der Waals surface area contributed by atoms with Crippen LogP contribution in [0.5, 0.6) is 5.75 Å². The largest absolute Gasteiger partial charge is 0.495 e. The number of sulfonamides is 1. The second kappa shape index (κ2) is 8.68. The summed E-state index contributed by atoms with van der Waals surface area (Å²) in [4.78, 5) is 17.0. The zero-order chi connectivity index (χ0) is 22.0. The number of nitrogens with zero attached hydrogens (tertiary/aromatic N) is 2. The number of aryl methyl sites for hydroxylation is 1. The van der Waals surface area contributed by atoms with E-state index in [1.165, 1.54) is 25.3 Å². The van der Waals surface area contributed by atoms with Crippen molar-refractivity contribution in [2.24, 2.45) is 0 Å². The van der Waals surface area contributed by atoms with E-state index in [0.29, 0.717) is 5.69 Å². The van der Waals surface area contributed by atoms with Gasteiger partial charge in [-0.1, -0.05) is 18.9 Å². The van der Waals surface area contributed by atoms with Crippen LogP contribution in [0.2, 0.25) is 0 Å². The molecule has 1 N–H and O–H groups in total. The lowest BCUT2D eigenvalue weighted by atomic mass is 10.2. The van der Waals surface area contributed by atoms with Gasteiger partial charge in [0.15, 0.2) is 0 Å². The van der Waals surface area contributed by atoms with E-state index in [1.54, 1.807) is 6.20 Å². The minimum Gasteiger partial charge on any atom is -0.495 e. The van der Waals surface area contributed by atoms with E-state index < -0.39 is 16.0 Å². The van der Waals surface area contributed by atoms with Crippen LogP contribution in [-0.2, 0) is 21.4 Å². The summed E-state index contributed by atoms with van der Waals surface area (Å²) in [6.45, 7) is 1.94. The molecule has 1 aromatic carbocycles. The Balaban J connectivity index is 1.52. The zero-order valence-electron chi connectivity index (χ0n) is 17.5. The predicted octanol–water partition coefficient (Wildman–Crippen LogP) is 3.23. The number of carbonyl (C=O) groups is 1. The van der Waals surface area contributed by atoms with Crippen molar-refractivity contribution < 1.29 is 22.7 Å². The van der Waals surface area contributed by atoms with Crippen molar-refractivity contribution in [2.75, 3.05) is 7.11 Å². The van der Waals surface area contributed by atoms with Crippen molar-refractivity contribution in [3.63, 3.8) is 0 Å². The first-order valence-corrected chi connectivity index (χ1v) is 11.7. The molecule has 4 rings (SSSR count). The van der Waals surface area contributed by atoms with Gasteiger partial charge in [-0.05, 0) is 49.6 Å².